The molecule has 6 aromatic carbocycles. The standard InChI is InChI=1S/C54H48N4O.Pt/c1-36-16-14-17-37(2)52(36)40-29-43(57-35-56(34-50(57)54(6,7)8)42-21-15-20-39(28-42)38-18-10-9-11-19-38)32-45(30-40)59-44-24-25-47-46-22-12-13-23-48(46)58(49(47)33-44)51-31-41(26-27-55-51)53(3,4)5;/h9-31,34H,1-8H3;/q-2;. The zero-order valence-corrected chi connectivity index (χ0v) is 37.6. The second kappa shape index (κ2) is 15.9. The van der Waals surface area contributed by atoms with Crippen LogP contribution in [0.2, 0.25) is 0 Å². The average Bonchev–Trinajstić information content (AvgIpc) is 3.82. The Morgan fingerprint density at radius 3 is 2.08 bits per heavy atom. The van der Waals surface area contributed by atoms with Crippen LogP contribution in [0, 0.1) is 32.3 Å². The van der Waals surface area contributed by atoms with E-state index in [1.807, 2.05) is 18.3 Å². The number of ether oxygens (including phenoxy) is 1. The quantitative estimate of drug-likeness (QED) is 0.118. The number of para-hydroxylation sites is 1. The second-order valence-electron chi connectivity index (χ2n) is 17.6. The van der Waals surface area contributed by atoms with Crippen molar-refractivity contribution >= 4 is 21.8 Å². The van der Waals surface area contributed by atoms with Crippen LogP contribution in [0.5, 0.6) is 11.5 Å². The summed E-state index contributed by atoms with van der Waals surface area (Å²) in [5, 5.41) is 2.22. The number of rotatable bonds is 7. The van der Waals surface area contributed by atoms with E-state index in [1.165, 1.54) is 27.8 Å². The Labute approximate surface area is 368 Å². The molecule has 0 spiro atoms. The van der Waals surface area contributed by atoms with Gasteiger partial charge in [0.05, 0.1) is 11.4 Å². The molecule has 3 aromatic heterocycles. The summed E-state index contributed by atoms with van der Waals surface area (Å²) in [6, 6.07) is 54.1. The SMILES string of the molecule is Cc1cccc(C)c1-c1cc(Oc2[c-]c3c(cc2)c2ccccc2n3-c2cc(C(C)(C)C)ccn2)[c-]c(-n2[c-][n+](-c3cccc(-c4ccccc4)c3)cc2C(C)(C)C)c1.[Pt]. The molecule has 5 nitrogen and oxygen atoms in total. The maximum Gasteiger partial charge on any atom is 0.267 e. The molecule has 0 unspecified atom stereocenters. The van der Waals surface area contributed by atoms with Gasteiger partial charge in [0.25, 0.3) is 6.33 Å². The van der Waals surface area contributed by atoms with Gasteiger partial charge in [-0.15, -0.1) is 35.2 Å². The number of hydrogen-bond donors (Lipinski definition) is 0. The molecule has 0 aliphatic carbocycles. The fourth-order valence-corrected chi connectivity index (χ4v) is 8.10. The van der Waals surface area contributed by atoms with Crippen molar-refractivity contribution in [2.24, 2.45) is 0 Å². The van der Waals surface area contributed by atoms with Crippen molar-refractivity contribution in [2.45, 2.75) is 66.2 Å². The van der Waals surface area contributed by atoms with Crippen molar-refractivity contribution in [1.29, 1.82) is 0 Å². The van der Waals surface area contributed by atoms with Crippen molar-refractivity contribution in [3.8, 4) is 50.9 Å². The van der Waals surface area contributed by atoms with Crippen LogP contribution in [0.25, 0.3) is 61.3 Å². The molecule has 0 N–H and O–H groups in total. The predicted octanol–water partition coefficient (Wildman–Crippen LogP) is 13.0. The van der Waals surface area contributed by atoms with Crippen LogP contribution in [-0.2, 0) is 31.9 Å². The predicted molar refractivity (Wildman–Crippen MR) is 240 cm³/mol. The molecule has 9 rings (SSSR count). The summed E-state index contributed by atoms with van der Waals surface area (Å²) < 4.78 is 13.3. The summed E-state index contributed by atoms with van der Waals surface area (Å²) in [6.07, 6.45) is 7.80. The van der Waals surface area contributed by atoms with E-state index in [0.29, 0.717) is 11.5 Å². The van der Waals surface area contributed by atoms with Crippen molar-refractivity contribution in [3.63, 3.8) is 0 Å². The Bertz CT molecular complexity index is 3000. The smallest absolute Gasteiger partial charge is 0.267 e. The first-order chi connectivity index (χ1) is 28.3. The molecule has 0 fully saturated rings. The minimum absolute atomic E-state index is 0. The first-order valence-corrected chi connectivity index (χ1v) is 20.3. The maximum absolute atomic E-state index is 6.86. The van der Waals surface area contributed by atoms with Gasteiger partial charge in [-0.2, -0.15) is 12.1 Å². The first-order valence-electron chi connectivity index (χ1n) is 20.3. The Morgan fingerprint density at radius 1 is 0.617 bits per heavy atom. The van der Waals surface area contributed by atoms with Crippen LogP contribution >= 0.6 is 0 Å². The number of aryl methyl sites for hydroxylation is 2. The van der Waals surface area contributed by atoms with Crippen LogP contribution in [0.15, 0.2) is 146 Å². The third kappa shape index (κ3) is 7.75. The minimum Gasteiger partial charge on any atom is -0.510 e. The number of nitrogens with zero attached hydrogens (tertiary/aromatic N) is 4. The van der Waals surface area contributed by atoms with Gasteiger partial charge in [-0.25, -0.2) is 4.98 Å². The van der Waals surface area contributed by atoms with Gasteiger partial charge in [0, 0.05) is 50.5 Å². The van der Waals surface area contributed by atoms with E-state index in [0.717, 1.165) is 55.8 Å². The number of pyridine rings is 1. The molecule has 9 aromatic rings. The topological polar surface area (TPSA) is 35.9 Å². The van der Waals surface area contributed by atoms with Gasteiger partial charge in [0.2, 0.25) is 0 Å². The summed E-state index contributed by atoms with van der Waals surface area (Å²) >= 11 is 0. The zero-order valence-electron chi connectivity index (χ0n) is 35.4. The van der Waals surface area contributed by atoms with Crippen molar-refractivity contribution in [2.75, 3.05) is 0 Å². The molecular formula is C54H48N4OPt-2. The summed E-state index contributed by atoms with van der Waals surface area (Å²) in [6.45, 7) is 17.7. The molecule has 0 radical (unpaired) electrons. The zero-order chi connectivity index (χ0) is 41.1. The number of benzene rings is 6. The van der Waals surface area contributed by atoms with Crippen molar-refractivity contribution in [3.05, 3.63) is 187 Å². The minimum atomic E-state index is -0.215. The van der Waals surface area contributed by atoms with Crippen LogP contribution in [0.3, 0.4) is 0 Å². The van der Waals surface area contributed by atoms with Gasteiger partial charge >= 0.3 is 0 Å². The van der Waals surface area contributed by atoms with Gasteiger partial charge in [0.1, 0.15) is 5.82 Å². The summed E-state index contributed by atoms with van der Waals surface area (Å²) in [4.78, 5) is 4.88. The fourth-order valence-electron chi connectivity index (χ4n) is 8.10. The van der Waals surface area contributed by atoms with E-state index in [4.69, 9.17) is 9.72 Å². The molecule has 0 amide bonds. The number of fused-ring (bicyclic) bond motifs is 3. The molecule has 6 heteroatoms. The Morgan fingerprint density at radius 2 is 1.33 bits per heavy atom. The third-order valence-electron chi connectivity index (χ3n) is 11.2. The summed E-state index contributed by atoms with van der Waals surface area (Å²) in [5.41, 5.74) is 12.8. The van der Waals surface area contributed by atoms with E-state index < -0.39 is 0 Å². The van der Waals surface area contributed by atoms with E-state index >= 15 is 0 Å². The molecule has 0 atom stereocenters. The van der Waals surface area contributed by atoms with Crippen LogP contribution in [-0.4, -0.2) is 14.1 Å². The normalized spacial score (nSPS) is 11.9. The molecule has 0 saturated carbocycles. The second-order valence-corrected chi connectivity index (χ2v) is 17.6. The summed E-state index contributed by atoms with van der Waals surface area (Å²) in [7, 11) is 0. The largest absolute Gasteiger partial charge is 0.510 e. The monoisotopic (exact) mass is 963 g/mol. The van der Waals surface area contributed by atoms with Gasteiger partial charge in [-0.3, -0.25) is 4.57 Å². The molecular weight excluding hydrogens is 916 g/mol. The molecule has 0 aliphatic rings. The third-order valence-corrected chi connectivity index (χ3v) is 11.2. The Balaban J connectivity index is 0.00000499. The van der Waals surface area contributed by atoms with E-state index in [-0.39, 0.29) is 31.9 Å². The van der Waals surface area contributed by atoms with Crippen LogP contribution < -0.4 is 9.30 Å². The Hall–Kier alpha value is -6.03. The van der Waals surface area contributed by atoms with Gasteiger partial charge in [-0.05, 0) is 99.5 Å². The summed E-state index contributed by atoms with van der Waals surface area (Å²) in [5.74, 6) is 2.03. The molecule has 60 heavy (non-hydrogen) atoms. The van der Waals surface area contributed by atoms with E-state index in [2.05, 4.69) is 215 Å². The first kappa shape index (κ1) is 40.7. The maximum atomic E-state index is 6.86. The van der Waals surface area contributed by atoms with Crippen molar-refractivity contribution < 1.29 is 30.4 Å². The van der Waals surface area contributed by atoms with E-state index in [9.17, 15) is 0 Å². The number of hydrogen-bond acceptors (Lipinski definition) is 2. The van der Waals surface area contributed by atoms with Gasteiger partial charge in [-0.1, -0.05) is 126 Å². The van der Waals surface area contributed by atoms with Crippen molar-refractivity contribution in [1.82, 2.24) is 14.1 Å². The number of aromatic nitrogens is 4. The van der Waals surface area contributed by atoms with Crippen LogP contribution in [0.1, 0.15) is 63.9 Å². The molecule has 0 aliphatic heterocycles. The van der Waals surface area contributed by atoms with Crippen LogP contribution in [0.4, 0.5) is 0 Å². The fraction of sp³-hybridized carbons (Fsp3) is 0.185. The van der Waals surface area contributed by atoms with Gasteiger partial charge in [0.15, 0.2) is 0 Å². The number of imidazole rings is 1. The molecule has 0 bridgehead atoms. The molecule has 3 heterocycles. The molecule has 302 valence electrons. The Kier molecular flexibility index (Phi) is 10.8. The van der Waals surface area contributed by atoms with E-state index in [1.54, 1.807) is 0 Å². The molecule has 0 saturated heterocycles. The average molecular weight is 964 g/mol. The van der Waals surface area contributed by atoms with Gasteiger partial charge < -0.3 is 13.9 Å².